The van der Waals surface area contributed by atoms with Gasteiger partial charge in [-0.25, -0.2) is 0 Å². The van der Waals surface area contributed by atoms with Crippen LogP contribution in [0, 0.1) is 0 Å². The van der Waals surface area contributed by atoms with E-state index in [1.165, 1.54) is 32.1 Å². The molecular formula is C15H28N4O. The molecular weight excluding hydrogens is 252 g/mol. The van der Waals surface area contributed by atoms with Crippen LogP contribution in [0.1, 0.15) is 43.8 Å². The molecule has 1 aromatic rings. The monoisotopic (exact) mass is 280 g/mol. The molecule has 1 aliphatic rings. The topological polar surface area (TPSA) is 42.3 Å². The van der Waals surface area contributed by atoms with Gasteiger partial charge in [0.25, 0.3) is 0 Å². The summed E-state index contributed by atoms with van der Waals surface area (Å²) in [6.07, 6.45) is 8.15. The first-order chi connectivity index (χ1) is 9.56. The fraction of sp³-hybridized carbons (Fsp3) is 0.800. The third-order valence-corrected chi connectivity index (χ3v) is 4.88. The van der Waals surface area contributed by atoms with Crippen molar-refractivity contribution < 1.29 is 4.74 Å². The summed E-state index contributed by atoms with van der Waals surface area (Å²) in [6, 6.07) is 0.222. The fourth-order valence-electron chi connectivity index (χ4n) is 3.73. The van der Waals surface area contributed by atoms with Gasteiger partial charge < -0.3 is 15.0 Å². The molecule has 5 nitrogen and oxygen atoms in total. The number of nitrogens with zero attached hydrogens (tertiary/aromatic N) is 3. The Labute approximate surface area is 122 Å². The summed E-state index contributed by atoms with van der Waals surface area (Å²) < 4.78 is 7.47. The lowest BCUT2D eigenvalue weighted by Crippen LogP contribution is -2.54. The summed E-state index contributed by atoms with van der Waals surface area (Å²) in [4.78, 5) is 2.39. The average Bonchev–Trinajstić information content (AvgIpc) is 2.82. The lowest BCUT2D eigenvalue weighted by atomic mass is 9.74. The summed E-state index contributed by atoms with van der Waals surface area (Å²) in [7, 11) is 10.1. The van der Waals surface area contributed by atoms with Crippen LogP contribution in [-0.4, -0.2) is 48.5 Å². The van der Waals surface area contributed by atoms with Crippen molar-refractivity contribution in [1.82, 2.24) is 20.0 Å². The van der Waals surface area contributed by atoms with Crippen LogP contribution in [0.25, 0.3) is 0 Å². The Kier molecular flexibility index (Phi) is 4.70. The Bertz CT molecular complexity index is 435. The largest absolute Gasteiger partial charge is 0.493 e. The van der Waals surface area contributed by atoms with Crippen molar-refractivity contribution in [3.8, 4) is 5.75 Å². The first-order valence-corrected chi connectivity index (χ1v) is 7.47. The summed E-state index contributed by atoms with van der Waals surface area (Å²) in [5, 5.41) is 7.90. The Morgan fingerprint density at radius 2 is 2.00 bits per heavy atom. The van der Waals surface area contributed by atoms with Gasteiger partial charge in [-0.3, -0.25) is 4.68 Å². The van der Waals surface area contributed by atoms with Gasteiger partial charge in [-0.15, -0.1) is 0 Å². The third-order valence-electron chi connectivity index (χ3n) is 4.88. The van der Waals surface area contributed by atoms with Gasteiger partial charge in [-0.05, 0) is 34.0 Å². The number of aromatic nitrogens is 2. The Hall–Kier alpha value is -1.07. The van der Waals surface area contributed by atoms with Gasteiger partial charge in [0.15, 0.2) is 5.75 Å². The minimum Gasteiger partial charge on any atom is -0.493 e. The number of hydrogen-bond donors (Lipinski definition) is 1. The molecule has 5 heteroatoms. The molecule has 1 N–H and O–H groups in total. The maximum atomic E-state index is 5.52. The van der Waals surface area contributed by atoms with Crippen LogP contribution in [0.5, 0.6) is 5.75 Å². The highest BCUT2D eigenvalue weighted by atomic mass is 16.5. The molecule has 0 amide bonds. The van der Waals surface area contributed by atoms with E-state index in [0.717, 1.165) is 11.4 Å². The van der Waals surface area contributed by atoms with Gasteiger partial charge in [-0.1, -0.05) is 19.3 Å². The summed E-state index contributed by atoms with van der Waals surface area (Å²) in [6.45, 7) is 0. The number of likely N-dealkylation sites (N-methyl/N-ethyl adjacent to an activating group) is 2. The normalized spacial score (nSPS) is 20.1. The second-order valence-corrected chi connectivity index (χ2v) is 6.00. The molecule has 0 aromatic carbocycles. The molecule has 1 unspecified atom stereocenters. The van der Waals surface area contributed by atoms with Crippen LogP contribution < -0.4 is 10.1 Å². The first-order valence-electron chi connectivity index (χ1n) is 7.47. The SMILES string of the molecule is CNC(c1c(OC)cnn1C)C1(N(C)C)CCCCC1. The van der Waals surface area contributed by atoms with E-state index < -0.39 is 0 Å². The van der Waals surface area contributed by atoms with Gasteiger partial charge >= 0.3 is 0 Å². The maximum absolute atomic E-state index is 5.52. The summed E-state index contributed by atoms with van der Waals surface area (Å²) >= 11 is 0. The van der Waals surface area contributed by atoms with Crippen LogP contribution >= 0.6 is 0 Å². The van der Waals surface area contributed by atoms with Crippen LogP contribution in [-0.2, 0) is 7.05 Å². The van der Waals surface area contributed by atoms with Gasteiger partial charge in [0.05, 0.1) is 25.0 Å². The fourth-order valence-corrected chi connectivity index (χ4v) is 3.73. The zero-order valence-corrected chi connectivity index (χ0v) is 13.4. The van der Waals surface area contributed by atoms with Gasteiger partial charge in [0.2, 0.25) is 0 Å². The molecule has 1 saturated carbocycles. The third kappa shape index (κ3) is 2.44. The number of ether oxygens (including phenoxy) is 1. The lowest BCUT2D eigenvalue weighted by molar-refractivity contribution is 0.0554. The van der Waals surface area contributed by atoms with E-state index in [9.17, 15) is 0 Å². The van der Waals surface area contributed by atoms with Crippen molar-refractivity contribution in [3.05, 3.63) is 11.9 Å². The molecule has 0 spiro atoms. The van der Waals surface area contributed by atoms with E-state index >= 15 is 0 Å². The number of methoxy groups -OCH3 is 1. The Balaban J connectivity index is 2.45. The molecule has 2 rings (SSSR count). The summed E-state index contributed by atoms with van der Waals surface area (Å²) in [5.74, 6) is 0.874. The molecule has 0 saturated heterocycles. The van der Waals surface area contributed by atoms with Crippen molar-refractivity contribution >= 4 is 0 Å². The van der Waals surface area contributed by atoms with Gasteiger partial charge in [-0.2, -0.15) is 5.10 Å². The van der Waals surface area contributed by atoms with Crippen LogP contribution in [0.2, 0.25) is 0 Å². The highest BCUT2D eigenvalue weighted by molar-refractivity contribution is 5.31. The quantitative estimate of drug-likeness (QED) is 0.895. The molecule has 0 radical (unpaired) electrons. The molecule has 114 valence electrons. The van der Waals surface area contributed by atoms with Gasteiger partial charge in [0, 0.05) is 12.6 Å². The molecule has 1 fully saturated rings. The second kappa shape index (κ2) is 6.14. The van der Waals surface area contributed by atoms with E-state index in [-0.39, 0.29) is 11.6 Å². The van der Waals surface area contributed by atoms with Gasteiger partial charge in [0.1, 0.15) is 0 Å². The Morgan fingerprint density at radius 1 is 1.35 bits per heavy atom. The van der Waals surface area contributed by atoms with Crippen molar-refractivity contribution in [2.45, 2.75) is 43.7 Å². The van der Waals surface area contributed by atoms with E-state index in [1.807, 2.05) is 25.0 Å². The summed E-state index contributed by atoms with van der Waals surface area (Å²) in [5.41, 5.74) is 1.28. The minimum atomic E-state index is 0.133. The highest BCUT2D eigenvalue weighted by Gasteiger charge is 2.44. The van der Waals surface area contributed by atoms with Crippen molar-refractivity contribution in [2.75, 3.05) is 28.3 Å². The van der Waals surface area contributed by atoms with E-state index in [4.69, 9.17) is 4.74 Å². The van der Waals surface area contributed by atoms with E-state index in [0.29, 0.717) is 0 Å². The predicted molar refractivity (Wildman–Crippen MR) is 81.1 cm³/mol. The van der Waals surface area contributed by atoms with Crippen molar-refractivity contribution in [3.63, 3.8) is 0 Å². The maximum Gasteiger partial charge on any atom is 0.161 e. The molecule has 1 aromatic heterocycles. The predicted octanol–water partition coefficient (Wildman–Crippen LogP) is 1.95. The van der Waals surface area contributed by atoms with Crippen LogP contribution in [0.4, 0.5) is 0 Å². The number of nitrogens with one attached hydrogen (secondary N) is 1. The minimum absolute atomic E-state index is 0.133. The average molecular weight is 280 g/mol. The molecule has 1 heterocycles. The molecule has 0 bridgehead atoms. The standard InChI is InChI=1S/C15H28N4O/c1-16-14(13-12(20-5)11-17-19(13)4)15(18(2)3)9-7-6-8-10-15/h11,14,16H,6-10H2,1-5H3. The molecule has 1 aliphatic carbocycles. The smallest absolute Gasteiger partial charge is 0.161 e. The molecule has 0 aliphatic heterocycles. The van der Waals surface area contributed by atoms with E-state index in [2.05, 4.69) is 29.4 Å². The molecule has 1 atom stereocenters. The second-order valence-electron chi connectivity index (χ2n) is 6.00. The highest BCUT2D eigenvalue weighted by Crippen LogP contribution is 2.43. The lowest BCUT2D eigenvalue weighted by Gasteiger charge is -2.48. The number of rotatable bonds is 5. The zero-order valence-electron chi connectivity index (χ0n) is 13.4. The molecule has 20 heavy (non-hydrogen) atoms. The zero-order chi connectivity index (χ0) is 14.8. The van der Waals surface area contributed by atoms with E-state index in [1.54, 1.807) is 7.11 Å². The van der Waals surface area contributed by atoms with Crippen molar-refractivity contribution in [2.24, 2.45) is 7.05 Å². The Morgan fingerprint density at radius 3 is 2.50 bits per heavy atom. The first kappa shape index (κ1) is 15.3. The van der Waals surface area contributed by atoms with Crippen molar-refractivity contribution in [1.29, 1.82) is 0 Å². The van der Waals surface area contributed by atoms with Crippen LogP contribution in [0.15, 0.2) is 6.20 Å². The van der Waals surface area contributed by atoms with Crippen LogP contribution in [0.3, 0.4) is 0 Å². The number of hydrogen-bond acceptors (Lipinski definition) is 4. The number of aryl methyl sites for hydroxylation is 1.